The first-order chi connectivity index (χ1) is 5.54. The van der Waals surface area contributed by atoms with Gasteiger partial charge in [-0.3, -0.25) is 0 Å². The van der Waals surface area contributed by atoms with E-state index in [1.54, 1.807) is 0 Å². The van der Waals surface area contributed by atoms with Crippen LogP contribution in [0.2, 0.25) is 0 Å². The predicted molar refractivity (Wildman–Crippen MR) is 56.0 cm³/mol. The highest BCUT2D eigenvalue weighted by Gasteiger charge is 2.22. The van der Waals surface area contributed by atoms with Gasteiger partial charge in [0.2, 0.25) is 0 Å². The molecule has 12 heavy (non-hydrogen) atoms. The van der Waals surface area contributed by atoms with E-state index in [1.807, 2.05) is 12.2 Å². The fraction of sp³-hybridized carbons (Fsp3) is 0.636. The van der Waals surface area contributed by atoms with Gasteiger partial charge in [-0.05, 0) is 25.2 Å². The van der Waals surface area contributed by atoms with Gasteiger partial charge in [-0.15, -0.1) is 13.2 Å². The monoisotopic (exact) mass is 167 g/mol. The average Bonchev–Trinajstić information content (AvgIpc) is 1.85. The molecule has 0 spiro atoms. The molecule has 2 N–H and O–H groups in total. The van der Waals surface area contributed by atoms with E-state index in [9.17, 15) is 0 Å². The van der Waals surface area contributed by atoms with Gasteiger partial charge >= 0.3 is 0 Å². The van der Waals surface area contributed by atoms with Crippen LogP contribution < -0.4 is 5.73 Å². The van der Waals surface area contributed by atoms with Crippen molar-refractivity contribution in [1.82, 2.24) is 0 Å². The van der Waals surface area contributed by atoms with Crippen molar-refractivity contribution in [3.63, 3.8) is 0 Å². The molecule has 0 aromatic rings. The summed E-state index contributed by atoms with van der Waals surface area (Å²) < 4.78 is 0. The van der Waals surface area contributed by atoms with Crippen LogP contribution >= 0.6 is 0 Å². The first-order valence-electron chi connectivity index (χ1n) is 4.55. The zero-order chi connectivity index (χ0) is 9.61. The Balaban J connectivity index is 4.15. The van der Waals surface area contributed by atoms with Crippen molar-refractivity contribution in [2.75, 3.05) is 0 Å². The summed E-state index contributed by atoms with van der Waals surface area (Å²) in [6.07, 6.45) is 6.57. The van der Waals surface area contributed by atoms with Crippen LogP contribution in [0.1, 0.15) is 33.1 Å². The first-order valence-corrected chi connectivity index (χ1v) is 4.55. The van der Waals surface area contributed by atoms with Gasteiger partial charge in [0.05, 0.1) is 0 Å². The molecule has 0 rings (SSSR count). The van der Waals surface area contributed by atoms with Crippen LogP contribution in [0.5, 0.6) is 0 Å². The third kappa shape index (κ3) is 4.35. The van der Waals surface area contributed by atoms with E-state index in [2.05, 4.69) is 27.0 Å². The first kappa shape index (κ1) is 11.4. The summed E-state index contributed by atoms with van der Waals surface area (Å²) in [5, 5.41) is 0. The fourth-order valence-electron chi connectivity index (χ4n) is 1.64. The van der Waals surface area contributed by atoms with Crippen molar-refractivity contribution in [2.24, 2.45) is 11.7 Å². The van der Waals surface area contributed by atoms with Gasteiger partial charge in [0.15, 0.2) is 0 Å². The molecule has 0 aromatic carbocycles. The number of nitrogens with two attached hydrogens (primary N) is 1. The lowest BCUT2D eigenvalue weighted by molar-refractivity contribution is 0.346. The minimum absolute atomic E-state index is 0.113. The van der Waals surface area contributed by atoms with Crippen LogP contribution in [0, 0.1) is 5.92 Å². The molecule has 0 fully saturated rings. The maximum atomic E-state index is 6.18. The summed E-state index contributed by atoms with van der Waals surface area (Å²) in [6.45, 7) is 11.8. The molecule has 0 saturated carbocycles. The molecular formula is C11H21N. The van der Waals surface area contributed by atoms with Crippen LogP contribution in [0.4, 0.5) is 0 Å². The quantitative estimate of drug-likeness (QED) is 0.605. The molecule has 0 heterocycles. The number of rotatable bonds is 6. The summed E-state index contributed by atoms with van der Waals surface area (Å²) >= 11 is 0. The number of hydrogen-bond donors (Lipinski definition) is 1. The Hall–Kier alpha value is -0.560. The largest absolute Gasteiger partial charge is 0.325 e. The third-order valence-electron chi connectivity index (χ3n) is 1.92. The van der Waals surface area contributed by atoms with Crippen LogP contribution in [0.15, 0.2) is 25.3 Å². The Morgan fingerprint density at radius 3 is 1.92 bits per heavy atom. The second-order valence-corrected chi connectivity index (χ2v) is 3.95. The Bertz CT molecular complexity index is 137. The van der Waals surface area contributed by atoms with E-state index in [0.29, 0.717) is 5.92 Å². The van der Waals surface area contributed by atoms with E-state index in [-0.39, 0.29) is 5.54 Å². The Kier molecular flexibility index (Phi) is 4.91. The van der Waals surface area contributed by atoms with Crippen molar-refractivity contribution in [3.05, 3.63) is 25.3 Å². The predicted octanol–water partition coefficient (Wildman–Crippen LogP) is 2.88. The Morgan fingerprint density at radius 1 is 1.25 bits per heavy atom. The summed E-state index contributed by atoms with van der Waals surface area (Å²) in [6, 6.07) is 0. The van der Waals surface area contributed by atoms with E-state index in [0.717, 1.165) is 19.3 Å². The van der Waals surface area contributed by atoms with Gasteiger partial charge in [0.1, 0.15) is 0 Å². The molecule has 0 bridgehead atoms. The fourth-order valence-corrected chi connectivity index (χ4v) is 1.64. The lowest BCUT2D eigenvalue weighted by atomic mass is 9.84. The molecule has 1 nitrogen and oxygen atoms in total. The molecular weight excluding hydrogens is 146 g/mol. The SMILES string of the molecule is C=CCC(N)(CC=C)CC(C)C. The van der Waals surface area contributed by atoms with E-state index in [1.165, 1.54) is 0 Å². The highest BCUT2D eigenvalue weighted by Crippen LogP contribution is 2.22. The van der Waals surface area contributed by atoms with Crippen LogP contribution in [-0.4, -0.2) is 5.54 Å². The molecule has 0 amide bonds. The lowest BCUT2D eigenvalue weighted by Crippen LogP contribution is -2.40. The van der Waals surface area contributed by atoms with Crippen molar-refractivity contribution in [1.29, 1.82) is 0 Å². The Morgan fingerprint density at radius 2 is 1.67 bits per heavy atom. The maximum absolute atomic E-state index is 6.18. The summed E-state index contributed by atoms with van der Waals surface area (Å²) in [4.78, 5) is 0. The van der Waals surface area contributed by atoms with E-state index >= 15 is 0 Å². The van der Waals surface area contributed by atoms with Gasteiger partial charge < -0.3 is 5.73 Å². The smallest absolute Gasteiger partial charge is 0.0226 e. The van der Waals surface area contributed by atoms with Crippen LogP contribution in [0.3, 0.4) is 0 Å². The summed E-state index contributed by atoms with van der Waals surface area (Å²) in [5.74, 6) is 0.634. The van der Waals surface area contributed by atoms with Gasteiger partial charge in [0.25, 0.3) is 0 Å². The molecule has 70 valence electrons. The second kappa shape index (κ2) is 5.15. The molecule has 0 saturated heterocycles. The van der Waals surface area contributed by atoms with Gasteiger partial charge in [-0.2, -0.15) is 0 Å². The molecule has 0 radical (unpaired) electrons. The molecule has 1 heteroatoms. The molecule has 0 aliphatic heterocycles. The third-order valence-corrected chi connectivity index (χ3v) is 1.92. The minimum atomic E-state index is -0.113. The van der Waals surface area contributed by atoms with Crippen LogP contribution in [-0.2, 0) is 0 Å². The summed E-state index contributed by atoms with van der Waals surface area (Å²) in [7, 11) is 0. The zero-order valence-corrected chi connectivity index (χ0v) is 8.34. The molecule has 0 unspecified atom stereocenters. The average molecular weight is 167 g/mol. The molecule has 0 aromatic heterocycles. The van der Waals surface area contributed by atoms with E-state index < -0.39 is 0 Å². The minimum Gasteiger partial charge on any atom is -0.325 e. The van der Waals surface area contributed by atoms with Gasteiger partial charge in [0, 0.05) is 5.54 Å². The highest BCUT2D eigenvalue weighted by molar-refractivity contribution is 4.96. The second-order valence-electron chi connectivity index (χ2n) is 3.95. The maximum Gasteiger partial charge on any atom is 0.0226 e. The molecule has 0 aliphatic rings. The highest BCUT2D eigenvalue weighted by atomic mass is 14.7. The normalized spacial score (nSPS) is 11.7. The van der Waals surface area contributed by atoms with Crippen molar-refractivity contribution in [2.45, 2.75) is 38.6 Å². The molecule has 0 aliphatic carbocycles. The van der Waals surface area contributed by atoms with E-state index in [4.69, 9.17) is 5.73 Å². The van der Waals surface area contributed by atoms with Crippen molar-refractivity contribution in [3.8, 4) is 0 Å². The molecule has 0 atom stereocenters. The topological polar surface area (TPSA) is 26.0 Å². The van der Waals surface area contributed by atoms with Crippen LogP contribution in [0.25, 0.3) is 0 Å². The summed E-state index contributed by atoms with van der Waals surface area (Å²) in [5.41, 5.74) is 6.06. The number of hydrogen-bond acceptors (Lipinski definition) is 1. The van der Waals surface area contributed by atoms with Crippen molar-refractivity contribution < 1.29 is 0 Å². The Labute approximate surface area is 76.3 Å². The van der Waals surface area contributed by atoms with Gasteiger partial charge in [-0.1, -0.05) is 26.0 Å². The lowest BCUT2D eigenvalue weighted by Gasteiger charge is -2.28. The van der Waals surface area contributed by atoms with Crippen molar-refractivity contribution >= 4 is 0 Å². The standard InChI is InChI=1S/C11H21N/c1-5-7-11(12,8-6-2)9-10(3)4/h5-6,10H,1-2,7-9,12H2,3-4H3. The van der Waals surface area contributed by atoms with Gasteiger partial charge in [-0.25, -0.2) is 0 Å². The zero-order valence-electron chi connectivity index (χ0n) is 8.34.